The normalized spacial score (nSPS) is 18.9. The fourth-order valence-corrected chi connectivity index (χ4v) is 2.90. The number of imidazole rings is 1. The van der Waals surface area contributed by atoms with Gasteiger partial charge >= 0.3 is 0 Å². The Labute approximate surface area is 101 Å². The molecule has 2 aromatic heterocycles. The van der Waals surface area contributed by atoms with Crippen molar-refractivity contribution < 1.29 is 0 Å². The van der Waals surface area contributed by atoms with Gasteiger partial charge in [0.25, 0.3) is 0 Å². The molecular weight excluding hydrogens is 212 g/mol. The van der Waals surface area contributed by atoms with E-state index in [0.717, 1.165) is 17.7 Å². The molecule has 0 aliphatic heterocycles. The van der Waals surface area contributed by atoms with E-state index in [0.29, 0.717) is 11.4 Å². The van der Waals surface area contributed by atoms with E-state index in [1.165, 1.54) is 25.7 Å². The summed E-state index contributed by atoms with van der Waals surface area (Å²) in [5, 5.41) is 0. The zero-order valence-corrected chi connectivity index (χ0v) is 10.2. The summed E-state index contributed by atoms with van der Waals surface area (Å²) < 4.78 is 2.07. The molecule has 2 aromatic rings. The Kier molecular flexibility index (Phi) is 2.31. The highest BCUT2D eigenvalue weighted by Crippen LogP contribution is 2.39. The molecule has 0 bridgehead atoms. The quantitative estimate of drug-likeness (QED) is 0.862. The lowest BCUT2D eigenvalue weighted by molar-refractivity contribution is 0.286. The smallest absolute Gasteiger partial charge is 0.202 e. The highest BCUT2D eigenvalue weighted by atomic mass is 15.2. The number of nitrogens with two attached hydrogens (primary N) is 1. The van der Waals surface area contributed by atoms with Gasteiger partial charge in [0, 0.05) is 12.7 Å². The number of nitrogen functional groups attached to an aromatic ring is 1. The van der Waals surface area contributed by atoms with Crippen molar-refractivity contribution in [1.29, 1.82) is 0 Å². The Morgan fingerprint density at radius 2 is 2.18 bits per heavy atom. The molecule has 1 saturated carbocycles. The number of hydrogen-bond donors (Lipinski definition) is 1. The molecule has 0 saturated heterocycles. The van der Waals surface area contributed by atoms with Gasteiger partial charge in [-0.3, -0.25) is 4.57 Å². The summed E-state index contributed by atoms with van der Waals surface area (Å²) in [4.78, 5) is 8.76. The fourth-order valence-electron chi connectivity index (χ4n) is 2.90. The van der Waals surface area contributed by atoms with Crippen molar-refractivity contribution in [2.24, 2.45) is 5.41 Å². The molecule has 2 heterocycles. The molecule has 0 atom stereocenters. The first-order valence-electron chi connectivity index (χ1n) is 6.25. The van der Waals surface area contributed by atoms with Crippen LogP contribution in [0.1, 0.15) is 32.6 Å². The summed E-state index contributed by atoms with van der Waals surface area (Å²) in [5.74, 6) is 0.590. The van der Waals surface area contributed by atoms with Gasteiger partial charge in [0.15, 0.2) is 5.65 Å². The van der Waals surface area contributed by atoms with Crippen LogP contribution in [0, 0.1) is 5.41 Å². The number of hydrogen-bond acceptors (Lipinski definition) is 3. The maximum atomic E-state index is 6.00. The van der Waals surface area contributed by atoms with E-state index in [1.807, 2.05) is 12.1 Å². The molecule has 1 aliphatic rings. The predicted octanol–water partition coefficient (Wildman–Crippen LogP) is 2.59. The van der Waals surface area contributed by atoms with E-state index in [2.05, 4.69) is 21.5 Å². The summed E-state index contributed by atoms with van der Waals surface area (Å²) in [5.41, 5.74) is 8.17. The van der Waals surface area contributed by atoms with Gasteiger partial charge in [-0.25, -0.2) is 9.97 Å². The lowest BCUT2D eigenvalue weighted by Gasteiger charge is -2.24. The first-order chi connectivity index (χ1) is 8.18. The number of rotatable bonds is 2. The molecule has 0 amide bonds. The van der Waals surface area contributed by atoms with Crippen LogP contribution in [0.2, 0.25) is 0 Å². The van der Waals surface area contributed by atoms with Crippen molar-refractivity contribution >= 4 is 17.1 Å². The number of pyridine rings is 1. The molecular formula is C13H18N4. The summed E-state index contributed by atoms with van der Waals surface area (Å²) in [6.07, 6.45) is 7.02. The first-order valence-corrected chi connectivity index (χ1v) is 6.25. The van der Waals surface area contributed by atoms with Gasteiger partial charge in [-0.1, -0.05) is 19.8 Å². The van der Waals surface area contributed by atoms with Crippen LogP contribution in [0.15, 0.2) is 18.3 Å². The third kappa shape index (κ3) is 1.77. The number of anilines is 1. The van der Waals surface area contributed by atoms with Crippen LogP contribution in [0.25, 0.3) is 11.2 Å². The Morgan fingerprint density at radius 1 is 1.41 bits per heavy atom. The Hall–Kier alpha value is -1.58. The molecule has 3 rings (SSSR count). The largest absolute Gasteiger partial charge is 0.369 e. The lowest BCUT2D eigenvalue weighted by Crippen LogP contribution is -2.21. The van der Waals surface area contributed by atoms with Crippen LogP contribution < -0.4 is 5.73 Å². The minimum Gasteiger partial charge on any atom is -0.369 e. The molecule has 0 aromatic carbocycles. The number of fused-ring (bicyclic) bond motifs is 1. The van der Waals surface area contributed by atoms with Crippen molar-refractivity contribution in [2.45, 2.75) is 39.2 Å². The van der Waals surface area contributed by atoms with Crippen LogP contribution in [-0.4, -0.2) is 14.5 Å². The second-order valence-corrected chi connectivity index (χ2v) is 5.42. The van der Waals surface area contributed by atoms with Gasteiger partial charge in [-0.2, -0.15) is 0 Å². The third-order valence-corrected chi connectivity index (χ3v) is 3.88. The minimum absolute atomic E-state index is 0.360. The van der Waals surface area contributed by atoms with Gasteiger partial charge in [-0.05, 0) is 30.4 Å². The van der Waals surface area contributed by atoms with Crippen molar-refractivity contribution in [3.8, 4) is 0 Å². The van der Waals surface area contributed by atoms with Crippen LogP contribution in [0.5, 0.6) is 0 Å². The molecule has 4 nitrogen and oxygen atoms in total. The molecule has 1 aliphatic carbocycles. The van der Waals surface area contributed by atoms with Gasteiger partial charge in [0.05, 0.1) is 0 Å². The van der Waals surface area contributed by atoms with E-state index >= 15 is 0 Å². The summed E-state index contributed by atoms with van der Waals surface area (Å²) in [7, 11) is 0. The van der Waals surface area contributed by atoms with E-state index in [9.17, 15) is 0 Å². The van der Waals surface area contributed by atoms with Gasteiger partial charge in [0.2, 0.25) is 5.95 Å². The van der Waals surface area contributed by atoms with Crippen LogP contribution in [0.4, 0.5) is 5.95 Å². The van der Waals surface area contributed by atoms with E-state index in [1.54, 1.807) is 6.20 Å². The lowest BCUT2D eigenvalue weighted by atomic mass is 9.89. The maximum absolute atomic E-state index is 6.00. The summed E-state index contributed by atoms with van der Waals surface area (Å²) in [6, 6.07) is 3.86. The molecule has 90 valence electrons. The predicted molar refractivity (Wildman–Crippen MR) is 68.5 cm³/mol. The Bertz CT molecular complexity index is 537. The van der Waals surface area contributed by atoms with Crippen molar-refractivity contribution in [1.82, 2.24) is 14.5 Å². The highest BCUT2D eigenvalue weighted by molar-refractivity contribution is 5.73. The summed E-state index contributed by atoms with van der Waals surface area (Å²) >= 11 is 0. The topological polar surface area (TPSA) is 56.7 Å². The minimum atomic E-state index is 0.360. The third-order valence-electron chi connectivity index (χ3n) is 3.88. The second-order valence-electron chi connectivity index (χ2n) is 5.42. The van der Waals surface area contributed by atoms with Crippen LogP contribution in [0.3, 0.4) is 0 Å². The van der Waals surface area contributed by atoms with Crippen LogP contribution >= 0.6 is 0 Å². The summed E-state index contributed by atoms with van der Waals surface area (Å²) in [6.45, 7) is 3.28. The molecule has 1 fully saturated rings. The maximum Gasteiger partial charge on any atom is 0.202 e. The fraction of sp³-hybridized carbons (Fsp3) is 0.538. The Balaban J connectivity index is 2.02. The standard InChI is InChI=1S/C13H18N4/c1-13(6-2-3-7-13)9-17-11-10(16-12(17)14)5-4-8-15-11/h4-5,8H,2-3,6-7,9H2,1H3,(H2,14,16). The van der Waals surface area contributed by atoms with Crippen molar-refractivity contribution in [3.63, 3.8) is 0 Å². The number of nitrogens with zero attached hydrogens (tertiary/aromatic N) is 3. The molecule has 4 heteroatoms. The zero-order valence-electron chi connectivity index (χ0n) is 10.2. The van der Waals surface area contributed by atoms with Crippen molar-refractivity contribution in [3.05, 3.63) is 18.3 Å². The SMILES string of the molecule is CC1(Cn2c(N)nc3cccnc32)CCCC1. The molecule has 0 unspecified atom stereocenters. The van der Waals surface area contributed by atoms with E-state index < -0.39 is 0 Å². The monoisotopic (exact) mass is 230 g/mol. The van der Waals surface area contributed by atoms with Gasteiger partial charge in [-0.15, -0.1) is 0 Å². The van der Waals surface area contributed by atoms with Gasteiger partial charge < -0.3 is 5.73 Å². The van der Waals surface area contributed by atoms with E-state index in [-0.39, 0.29) is 0 Å². The molecule has 17 heavy (non-hydrogen) atoms. The highest BCUT2D eigenvalue weighted by Gasteiger charge is 2.30. The molecule has 2 N–H and O–H groups in total. The molecule has 0 spiro atoms. The second kappa shape index (κ2) is 3.72. The average Bonchev–Trinajstić information content (AvgIpc) is 2.86. The zero-order chi connectivity index (χ0) is 11.9. The number of aromatic nitrogens is 3. The van der Waals surface area contributed by atoms with Crippen molar-refractivity contribution in [2.75, 3.05) is 5.73 Å². The molecule has 0 radical (unpaired) electrons. The Morgan fingerprint density at radius 3 is 2.94 bits per heavy atom. The van der Waals surface area contributed by atoms with Crippen LogP contribution in [-0.2, 0) is 6.54 Å². The van der Waals surface area contributed by atoms with E-state index in [4.69, 9.17) is 5.73 Å². The van der Waals surface area contributed by atoms with Gasteiger partial charge in [0.1, 0.15) is 5.52 Å². The first kappa shape index (κ1) is 10.6. The average molecular weight is 230 g/mol.